The number of nitrogens with zero attached hydrogens (tertiary/aromatic N) is 1. The predicted molar refractivity (Wildman–Crippen MR) is 190 cm³/mol. The summed E-state index contributed by atoms with van der Waals surface area (Å²) >= 11 is 3.77. The van der Waals surface area contributed by atoms with Crippen LogP contribution < -0.4 is 4.90 Å². The van der Waals surface area contributed by atoms with Crippen LogP contribution in [0.2, 0.25) is 0 Å². The van der Waals surface area contributed by atoms with E-state index in [4.69, 9.17) is 0 Å². The number of hydrogen-bond donors (Lipinski definition) is 0. The normalized spacial score (nSPS) is 11.7. The van der Waals surface area contributed by atoms with E-state index >= 15 is 0 Å². The Kier molecular flexibility index (Phi) is 5.62. The maximum absolute atomic E-state index is 2.41. The summed E-state index contributed by atoms with van der Waals surface area (Å²) in [7, 11) is 0. The highest BCUT2D eigenvalue weighted by Crippen LogP contribution is 2.47. The third-order valence-electron chi connectivity index (χ3n) is 8.46. The SMILES string of the molecule is c1ccc(N(c2ccc(-c3cccc4c3sc3ccccc34)cc2)c2cccc3c2sc2ccc4ccccc4c23)cc1. The van der Waals surface area contributed by atoms with Gasteiger partial charge in [-0.05, 0) is 64.4 Å². The van der Waals surface area contributed by atoms with Gasteiger partial charge in [0.2, 0.25) is 0 Å². The van der Waals surface area contributed by atoms with Crippen LogP contribution in [0.1, 0.15) is 0 Å². The zero-order valence-electron chi connectivity index (χ0n) is 23.2. The van der Waals surface area contributed by atoms with Gasteiger partial charge in [-0.1, -0.05) is 109 Å². The summed E-state index contributed by atoms with van der Waals surface area (Å²) in [5, 5.41) is 7.92. The van der Waals surface area contributed by atoms with E-state index < -0.39 is 0 Å². The van der Waals surface area contributed by atoms with Crippen LogP contribution in [-0.4, -0.2) is 0 Å². The molecule has 0 radical (unpaired) electrons. The Morgan fingerprint density at radius 2 is 1.07 bits per heavy atom. The molecule has 3 heteroatoms. The van der Waals surface area contributed by atoms with E-state index in [1.165, 1.54) is 67.9 Å². The van der Waals surface area contributed by atoms with Gasteiger partial charge in [0, 0.05) is 47.0 Å². The maximum Gasteiger partial charge on any atom is 0.0640 e. The van der Waals surface area contributed by atoms with E-state index in [1.54, 1.807) is 0 Å². The molecule has 0 spiro atoms. The Morgan fingerprint density at radius 1 is 0.395 bits per heavy atom. The molecule has 202 valence electrons. The molecule has 0 amide bonds. The van der Waals surface area contributed by atoms with Crippen molar-refractivity contribution in [3.8, 4) is 11.1 Å². The van der Waals surface area contributed by atoms with Crippen LogP contribution in [0.3, 0.4) is 0 Å². The Bertz CT molecular complexity index is 2450. The largest absolute Gasteiger partial charge is 0.309 e. The van der Waals surface area contributed by atoms with E-state index in [2.05, 4.69) is 157 Å². The Hall–Kier alpha value is -4.96. The molecule has 0 saturated carbocycles. The number of benzene rings is 7. The fraction of sp³-hybridized carbons (Fsp3) is 0. The monoisotopic (exact) mass is 583 g/mol. The molecule has 2 aromatic heterocycles. The summed E-state index contributed by atoms with van der Waals surface area (Å²) in [5.41, 5.74) is 6.02. The molecule has 1 nitrogen and oxygen atoms in total. The number of fused-ring (bicyclic) bond motifs is 8. The smallest absolute Gasteiger partial charge is 0.0640 e. The van der Waals surface area contributed by atoms with Gasteiger partial charge in [0.25, 0.3) is 0 Å². The maximum atomic E-state index is 2.41. The fourth-order valence-corrected chi connectivity index (χ4v) is 8.96. The zero-order valence-corrected chi connectivity index (χ0v) is 24.8. The number of thiophene rings is 2. The summed E-state index contributed by atoms with van der Waals surface area (Å²) in [5.74, 6) is 0. The van der Waals surface area contributed by atoms with Crippen LogP contribution in [0, 0.1) is 0 Å². The van der Waals surface area contributed by atoms with Crippen LogP contribution in [0.15, 0.2) is 152 Å². The highest BCUT2D eigenvalue weighted by atomic mass is 32.1. The number of anilines is 3. The van der Waals surface area contributed by atoms with Gasteiger partial charge in [0.05, 0.1) is 10.4 Å². The van der Waals surface area contributed by atoms with Gasteiger partial charge in [0.15, 0.2) is 0 Å². The van der Waals surface area contributed by atoms with E-state index in [9.17, 15) is 0 Å². The summed E-state index contributed by atoms with van der Waals surface area (Å²) < 4.78 is 5.30. The number of para-hydroxylation sites is 1. The molecule has 0 bridgehead atoms. The molecule has 43 heavy (non-hydrogen) atoms. The van der Waals surface area contributed by atoms with Gasteiger partial charge in [-0.3, -0.25) is 0 Å². The summed E-state index contributed by atoms with van der Waals surface area (Å²) in [4.78, 5) is 2.41. The molecule has 0 unspecified atom stereocenters. The third kappa shape index (κ3) is 3.90. The van der Waals surface area contributed by atoms with Crippen molar-refractivity contribution in [2.75, 3.05) is 4.90 Å². The molecule has 0 atom stereocenters. The van der Waals surface area contributed by atoms with Crippen LogP contribution in [0.25, 0.3) is 62.2 Å². The van der Waals surface area contributed by atoms with Gasteiger partial charge in [0.1, 0.15) is 0 Å². The van der Waals surface area contributed by atoms with Crippen molar-refractivity contribution in [2.24, 2.45) is 0 Å². The zero-order chi connectivity index (χ0) is 28.3. The lowest BCUT2D eigenvalue weighted by Crippen LogP contribution is -2.09. The number of rotatable bonds is 4. The van der Waals surface area contributed by atoms with E-state index in [1.807, 2.05) is 22.7 Å². The summed E-state index contributed by atoms with van der Waals surface area (Å²) in [6, 6.07) is 55.3. The van der Waals surface area contributed by atoms with Crippen LogP contribution in [-0.2, 0) is 0 Å². The molecule has 7 aromatic carbocycles. The molecule has 0 saturated heterocycles. The molecular formula is C40H25NS2. The lowest BCUT2D eigenvalue weighted by atomic mass is 10.0. The van der Waals surface area contributed by atoms with E-state index in [-0.39, 0.29) is 0 Å². The minimum Gasteiger partial charge on any atom is -0.309 e. The molecule has 9 rings (SSSR count). The minimum atomic E-state index is 1.15. The topological polar surface area (TPSA) is 3.24 Å². The van der Waals surface area contributed by atoms with Gasteiger partial charge >= 0.3 is 0 Å². The average Bonchev–Trinajstić information content (AvgIpc) is 3.65. The molecule has 0 aliphatic carbocycles. The van der Waals surface area contributed by atoms with Gasteiger partial charge in [-0.25, -0.2) is 0 Å². The lowest BCUT2D eigenvalue weighted by molar-refractivity contribution is 1.30. The first-order valence-corrected chi connectivity index (χ1v) is 16.2. The highest BCUT2D eigenvalue weighted by Gasteiger charge is 2.19. The van der Waals surface area contributed by atoms with Crippen LogP contribution in [0.5, 0.6) is 0 Å². The molecule has 0 aliphatic rings. The van der Waals surface area contributed by atoms with Crippen molar-refractivity contribution in [1.29, 1.82) is 0 Å². The van der Waals surface area contributed by atoms with Crippen molar-refractivity contribution >= 4 is 90.9 Å². The summed E-state index contributed by atoms with van der Waals surface area (Å²) in [6.45, 7) is 0. The first-order valence-electron chi connectivity index (χ1n) is 14.5. The Labute approximate surface area is 257 Å². The van der Waals surface area contributed by atoms with Crippen molar-refractivity contribution in [3.05, 3.63) is 152 Å². The van der Waals surface area contributed by atoms with Crippen molar-refractivity contribution in [1.82, 2.24) is 0 Å². The molecule has 2 heterocycles. The third-order valence-corrected chi connectivity index (χ3v) is 10.9. The Morgan fingerprint density at radius 3 is 1.95 bits per heavy atom. The second-order valence-corrected chi connectivity index (χ2v) is 13.0. The fourth-order valence-electron chi connectivity index (χ4n) is 6.50. The average molecular weight is 584 g/mol. The molecule has 9 aromatic rings. The van der Waals surface area contributed by atoms with Crippen LogP contribution >= 0.6 is 22.7 Å². The molecular weight excluding hydrogens is 559 g/mol. The second-order valence-electron chi connectivity index (χ2n) is 10.9. The van der Waals surface area contributed by atoms with E-state index in [0.29, 0.717) is 0 Å². The van der Waals surface area contributed by atoms with Gasteiger partial charge in [-0.2, -0.15) is 0 Å². The van der Waals surface area contributed by atoms with E-state index in [0.717, 1.165) is 11.4 Å². The van der Waals surface area contributed by atoms with Crippen molar-refractivity contribution < 1.29 is 0 Å². The second kappa shape index (κ2) is 9.81. The van der Waals surface area contributed by atoms with Gasteiger partial charge in [-0.15, -0.1) is 22.7 Å². The summed E-state index contributed by atoms with van der Waals surface area (Å²) in [6.07, 6.45) is 0. The van der Waals surface area contributed by atoms with Gasteiger partial charge < -0.3 is 4.90 Å². The molecule has 0 aliphatic heterocycles. The van der Waals surface area contributed by atoms with Crippen LogP contribution in [0.4, 0.5) is 17.1 Å². The quantitative estimate of drug-likeness (QED) is 0.199. The van der Waals surface area contributed by atoms with Crippen molar-refractivity contribution in [2.45, 2.75) is 0 Å². The first-order chi connectivity index (χ1) is 21.3. The number of hydrogen-bond acceptors (Lipinski definition) is 3. The Balaban J connectivity index is 1.22. The highest BCUT2D eigenvalue weighted by molar-refractivity contribution is 7.27. The lowest BCUT2D eigenvalue weighted by Gasteiger charge is -2.26. The predicted octanol–water partition coefficient (Wildman–Crippen LogP) is 12.7. The first kappa shape index (κ1) is 24.6. The van der Waals surface area contributed by atoms with Crippen molar-refractivity contribution in [3.63, 3.8) is 0 Å². The molecule has 0 fully saturated rings. The standard InChI is InChI=1S/C40H25NS2/c1-2-11-28(12-3-1)41(35-18-9-17-34-38-30-13-5-4-10-26(30)22-25-37(38)43-40(34)35)29-23-20-27(21-24-29)31-15-8-16-33-32-14-6-7-19-36(32)42-39(31)33/h1-25H. The minimum absolute atomic E-state index is 1.15. The molecule has 0 N–H and O–H groups in total.